The van der Waals surface area contributed by atoms with Gasteiger partial charge in [-0.2, -0.15) is 0 Å². The third kappa shape index (κ3) is 4.18. The van der Waals surface area contributed by atoms with Gasteiger partial charge in [-0.3, -0.25) is 35.1 Å². The first-order chi connectivity index (χ1) is 17.0. The van der Waals surface area contributed by atoms with Crippen LogP contribution >= 0.6 is 0 Å². The Bertz CT molecular complexity index is 1520. The van der Waals surface area contributed by atoms with Crippen molar-refractivity contribution in [3.05, 3.63) is 82.7 Å². The van der Waals surface area contributed by atoms with Crippen molar-refractivity contribution in [1.82, 2.24) is 9.88 Å². The number of pyridine rings is 1. The molecule has 0 saturated carbocycles. The van der Waals surface area contributed by atoms with E-state index in [1.807, 2.05) is 6.92 Å². The van der Waals surface area contributed by atoms with Crippen LogP contribution in [0.2, 0.25) is 0 Å². The molecule has 2 aromatic carbocycles. The first kappa shape index (κ1) is 24.2. The number of non-ortho nitro benzene ring substituents is 1. The van der Waals surface area contributed by atoms with Gasteiger partial charge in [0.25, 0.3) is 17.1 Å². The zero-order valence-corrected chi connectivity index (χ0v) is 18.6. The predicted octanol–water partition coefficient (Wildman–Crippen LogP) is 2.21. The molecule has 1 unspecified atom stereocenters. The molecule has 0 bridgehead atoms. The molecule has 1 aromatic heterocycles. The van der Waals surface area contributed by atoms with E-state index in [2.05, 4.69) is 5.32 Å². The number of carboxylic acid groups (broad SMARTS) is 1. The van der Waals surface area contributed by atoms with E-state index in [9.17, 15) is 45.0 Å². The van der Waals surface area contributed by atoms with Crippen molar-refractivity contribution in [3.8, 4) is 5.69 Å². The molecule has 2 heterocycles. The van der Waals surface area contributed by atoms with Gasteiger partial charge in [-0.1, -0.05) is 0 Å². The topological polar surface area (TPSA) is 204 Å². The first-order valence-corrected chi connectivity index (χ1v) is 10.5. The zero-order valence-electron chi connectivity index (χ0n) is 18.6. The molecule has 2 N–H and O–H groups in total. The minimum absolute atomic E-state index is 0.0126. The number of aromatic nitrogens is 1. The van der Waals surface area contributed by atoms with Gasteiger partial charge in [0, 0.05) is 44.0 Å². The van der Waals surface area contributed by atoms with E-state index in [1.54, 1.807) is 4.90 Å². The highest BCUT2D eigenvalue weighted by Crippen LogP contribution is 2.36. The van der Waals surface area contributed by atoms with Gasteiger partial charge in [0.15, 0.2) is 0 Å². The standard InChI is InChI=1S/C21H18N6O9/c1-11-9-23(5-4-22-11)17-8-16-13(7-19(17)27(35)36)20(28)14(21(29)30)10-24(16)15-3-2-12(25(31)32)6-18(15)26(33)34/h2-3,6-8,10-11,22H,4-5,9H2,1H3,(H,29,30). The Balaban J connectivity index is 2.12. The van der Waals surface area contributed by atoms with Crippen molar-refractivity contribution in [1.29, 1.82) is 0 Å². The molecule has 4 rings (SSSR count). The molecule has 1 saturated heterocycles. The molecule has 15 nitrogen and oxygen atoms in total. The van der Waals surface area contributed by atoms with E-state index in [-0.39, 0.29) is 28.3 Å². The van der Waals surface area contributed by atoms with Gasteiger partial charge in [0.1, 0.15) is 16.9 Å². The van der Waals surface area contributed by atoms with Crippen molar-refractivity contribution >= 4 is 39.6 Å². The Hall–Kier alpha value is -4.92. The lowest BCUT2D eigenvalue weighted by Crippen LogP contribution is -2.49. The predicted molar refractivity (Wildman–Crippen MR) is 126 cm³/mol. The molecule has 1 aliphatic rings. The number of aromatic carboxylic acids is 1. The molecule has 0 radical (unpaired) electrons. The number of carbonyl (C=O) groups is 1. The second-order valence-electron chi connectivity index (χ2n) is 8.15. The summed E-state index contributed by atoms with van der Waals surface area (Å²) in [6, 6.07) is 5.02. The number of piperazine rings is 1. The van der Waals surface area contributed by atoms with Crippen molar-refractivity contribution < 1.29 is 24.7 Å². The number of nitrogens with zero attached hydrogens (tertiary/aromatic N) is 5. The smallest absolute Gasteiger partial charge is 0.341 e. The van der Waals surface area contributed by atoms with E-state index >= 15 is 0 Å². The second kappa shape index (κ2) is 9.03. The van der Waals surface area contributed by atoms with Gasteiger partial charge in [0.05, 0.1) is 31.7 Å². The summed E-state index contributed by atoms with van der Waals surface area (Å²) >= 11 is 0. The monoisotopic (exact) mass is 498 g/mol. The number of anilines is 1. The summed E-state index contributed by atoms with van der Waals surface area (Å²) in [6.45, 7) is 3.19. The largest absolute Gasteiger partial charge is 0.477 e. The highest BCUT2D eigenvalue weighted by molar-refractivity contribution is 5.96. The van der Waals surface area contributed by atoms with Crippen molar-refractivity contribution in [2.75, 3.05) is 24.5 Å². The normalized spacial score (nSPS) is 15.6. The zero-order chi connectivity index (χ0) is 26.3. The van der Waals surface area contributed by atoms with Crippen LogP contribution in [0.15, 0.2) is 41.3 Å². The molecule has 0 amide bonds. The van der Waals surface area contributed by atoms with Crippen LogP contribution in [0.4, 0.5) is 22.7 Å². The highest BCUT2D eigenvalue weighted by atomic mass is 16.6. The fraction of sp³-hybridized carbons (Fsp3) is 0.238. The molecule has 1 aliphatic heterocycles. The molecule has 3 aromatic rings. The molecule has 0 aliphatic carbocycles. The Morgan fingerprint density at radius 3 is 2.28 bits per heavy atom. The van der Waals surface area contributed by atoms with Crippen LogP contribution in [0.5, 0.6) is 0 Å². The fourth-order valence-electron chi connectivity index (χ4n) is 4.23. The van der Waals surface area contributed by atoms with E-state index in [0.717, 1.165) is 29.0 Å². The lowest BCUT2D eigenvalue weighted by Gasteiger charge is -2.33. The average Bonchev–Trinajstić information content (AvgIpc) is 2.83. The maximum absolute atomic E-state index is 13.0. The van der Waals surface area contributed by atoms with E-state index in [0.29, 0.717) is 25.7 Å². The summed E-state index contributed by atoms with van der Waals surface area (Å²) in [5.41, 5.74) is -3.67. The number of carboxylic acids is 1. The molecule has 1 atom stereocenters. The van der Waals surface area contributed by atoms with Crippen LogP contribution in [0.1, 0.15) is 17.3 Å². The van der Waals surface area contributed by atoms with E-state index in [4.69, 9.17) is 0 Å². The van der Waals surface area contributed by atoms with Gasteiger partial charge in [-0.15, -0.1) is 0 Å². The molecular weight excluding hydrogens is 480 g/mol. The summed E-state index contributed by atoms with van der Waals surface area (Å²) in [6.07, 6.45) is 0.872. The van der Waals surface area contributed by atoms with Crippen LogP contribution in [-0.4, -0.2) is 56.1 Å². The summed E-state index contributed by atoms with van der Waals surface area (Å²) in [5.74, 6) is -1.65. The quantitative estimate of drug-likeness (QED) is 0.372. The third-order valence-corrected chi connectivity index (χ3v) is 5.86. The van der Waals surface area contributed by atoms with Crippen molar-refractivity contribution in [2.24, 2.45) is 0 Å². The van der Waals surface area contributed by atoms with Crippen molar-refractivity contribution in [2.45, 2.75) is 13.0 Å². The van der Waals surface area contributed by atoms with Gasteiger partial charge < -0.3 is 19.9 Å². The van der Waals surface area contributed by atoms with Crippen LogP contribution < -0.4 is 15.6 Å². The number of fused-ring (bicyclic) bond motifs is 1. The van der Waals surface area contributed by atoms with Gasteiger partial charge in [-0.05, 0) is 19.1 Å². The number of benzene rings is 2. The number of rotatable bonds is 6. The van der Waals surface area contributed by atoms with Gasteiger partial charge in [-0.25, -0.2) is 4.79 Å². The first-order valence-electron chi connectivity index (χ1n) is 10.5. The fourth-order valence-corrected chi connectivity index (χ4v) is 4.23. The molecule has 36 heavy (non-hydrogen) atoms. The summed E-state index contributed by atoms with van der Waals surface area (Å²) < 4.78 is 1.04. The molecule has 0 spiro atoms. The van der Waals surface area contributed by atoms with Crippen LogP contribution in [0.25, 0.3) is 16.6 Å². The number of hydrogen-bond donors (Lipinski definition) is 2. The van der Waals surface area contributed by atoms with Gasteiger partial charge >= 0.3 is 5.97 Å². The molecular formula is C21H18N6O9. The minimum Gasteiger partial charge on any atom is -0.477 e. The third-order valence-electron chi connectivity index (χ3n) is 5.86. The van der Waals surface area contributed by atoms with Crippen LogP contribution in [-0.2, 0) is 0 Å². The average molecular weight is 498 g/mol. The second-order valence-corrected chi connectivity index (χ2v) is 8.15. The number of hydrogen-bond acceptors (Lipinski definition) is 10. The Kier molecular flexibility index (Phi) is 6.07. The van der Waals surface area contributed by atoms with E-state index < -0.39 is 48.8 Å². The minimum atomic E-state index is -1.65. The number of nitro benzene ring substituents is 3. The van der Waals surface area contributed by atoms with Crippen LogP contribution in [0.3, 0.4) is 0 Å². The van der Waals surface area contributed by atoms with Gasteiger partial charge in [0.2, 0.25) is 5.43 Å². The lowest BCUT2D eigenvalue weighted by molar-refractivity contribution is -0.394. The Labute approximate surface area is 200 Å². The maximum Gasteiger partial charge on any atom is 0.341 e. The Morgan fingerprint density at radius 1 is 1.03 bits per heavy atom. The maximum atomic E-state index is 13.0. The summed E-state index contributed by atoms with van der Waals surface area (Å²) in [7, 11) is 0. The molecule has 15 heteroatoms. The van der Waals surface area contributed by atoms with Crippen LogP contribution in [0, 0.1) is 30.3 Å². The Morgan fingerprint density at radius 2 is 1.69 bits per heavy atom. The number of nitro groups is 3. The number of nitrogens with one attached hydrogen (secondary N) is 1. The molecule has 1 fully saturated rings. The summed E-state index contributed by atoms with van der Waals surface area (Å²) in [5, 5.41) is 47.3. The summed E-state index contributed by atoms with van der Waals surface area (Å²) in [4.78, 5) is 58.9. The lowest BCUT2D eigenvalue weighted by atomic mass is 10.1. The van der Waals surface area contributed by atoms with E-state index in [1.165, 1.54) is 6.07 Å². The SMILES string of the molecule is CC1CN(c2cc3c(cc2[N+](=O)[O-])c(=O)c(C(=O)O)cn3-c2ccc([N+](=O)[O-])cc2[N+](=O)[O-])CCN1. The molecule has 186 valence electrons. The van der Waals surface area contributed by atoms with Crippen molar-refractivity contribution in [3.63, 3.8) is 0 Å². The highest BCUT2D eigenvalue weighted by Gasteiger charge is 2.29.